The molecular formula is C7H4ClNOS. The molecule has 0 bridgehead atoms. The van der Waals surface area contributed by atoms with E-state index in [-0.39, 0.29) is 10.9 Å². The molecule has 0 saturated heterocycles. The number of fused-ring (bicyclic) bond motifs is 1. The molecule has 2 aromatic rings. The zero-order chi connectivity index (χ0) is 7.84. The SMILES string of the molecule is Oc1cc2sccc2nc1Cl. The summed E-state index contributed by atoms with van der Waals surface area (Å²) in [6.07, 6.45) is 0. The largest absolute Gasteiger partial charge is 0.505 e. The van der Waals surface area contributed by atoms with Crippen LogP contribution >= 0.6 is 22.9 Å². The molecule has 0 radical (unpaired) electrons. The molecule has 0 unspecified atom stereocenters. The van der Waals surface area contributed by atoms with Gasteiger partial charge in [-0.3, -0.25) is 0 Å². The Labute approximate surface area is 72.1 Å². The van der Waals surface area contributed by atoms with Crippen molar-refractivity contribution >= 4 is 33.2 Å². The maximum atomic E-state index is 9.15. The molecule has 56 valence electrons. The highest BCUT2D eigenvalue weighted by atomic mass is 35.5. The number of rotatable bonds is 0. The Hall–Kier alpha value is -0.800. The van der Waals surface area contributed by atoms with Gasteiger partial charge in [-0.2, -0.15) is 0 Å². The van der Waals surface area contributed by atoms with E-state index in [0.717, 1.165) is 10.2 Å². The Balaban J connectivity index is 2.86. The van der Waals surface area contributed by atoms with Crippen LogP contribution in [-0.2, 0) is 0 Å². The minimum atomic E-state index is 0.0432. The van der Waals surface area contributed by atoms with Crippen LogP contribution in [0.1, 0.15) is 0 Å². The molecule has 0 spiro atoms. The van der Waals surface area contributed by atoms with E-state index in [9.17, 15) is 0 Å². The molecule has 11 heavy (non-hydrogen) atoms. The summed E-state index contributed by atoms with van der Waals surface area (Å²) in [6.45, 7) is 0. The van der Waals surface area contributed by atoms with Crippen molar-refractivity contribution in [2.24, 2.45) is 0 Å². The molecule has 0 aliphatic heterocycles. The van der Waals surface area contributed by atoms with Crippen molar-refractivity contribution in [1.29, 1.82) is 0 Å². The summed E-state index contributed by atoms with van der Waals surface area (Å²) < 4.78 is 0.951. The van der Waals surface area contributed by atoms with Gasteiger partial charge in [-0.05, 0) is 11.4 Å². The van der Waals surface area contributed by atoms with Crippen molar-refractivity contribution in [3.63, 3.8) is 0 Å². The summed E-state index contributed by atoms with van der Waals surface area (Å²) in [5.41, 5.74) is 0.831. The summed E-state index contributed by atoms with van der Waals surface area (Å²) in [4.78, 5) is 3.96. The van der Waals surface area contributed by atoms with E-state index in [4.69, 9.17) is 16.7 Å². The van der Waals surface area contributed by atoms with Gasteiger partial charge in [0.15, 0.2) is 10.9 Å². The molecule has 2 rings (SSSR count). The molecule has 2 aromatic heterocycles. The van der Waals surface area contributed by atoms with Crippen LogP contribution in [0.25, 0.3) is 10.2 Å². The van der Waals surface area contributed by atoms with Crippen LogP contribution < -0.4 is 0 Å². The number of halogens is 1. The highest BCUT2D eigenvalue weighted by Crippen LogP contribution is 2.28. The Morgan fingerprint density at radius 1 is 1.55 bits per heavy atom. The normalized spacial score (nSPS) is 10.6. The van der Waals surface area contributed by atoms with E-state index >= 15 is 0 Å². The maximum Gasteiger partial charge on any atom is 0.171 e. The van der Waals surface area contributed by atoms with Gasteiger partial charge in [0.2, 0.25) is 0 Å². The second-order valence-electron chi connectivity index (χ2n) is 2.10. The molecule has 0 atom stereocenters. The summed E-state index contributed by atoms with van der Waals surface area (Å²) in [7, 11) is 0. The topological polar surface area (TPSA) is 33.1 Å². The van der Waals surface area contributed by atoms with Crippen LogP contribution in [0.4, 0.5) is 0 Å². The van der Waals surface area contributed by atoms with Gasteiger partial charge in [0, 0.05) is 6.07 Å². The summed E-state index contributed by atoms with van der Waals surface area (Å²) in [5.74, 6) is 0.0432. The number of nitrogens with zero attached hydrogens (tertiary/aromatic N) is 1. The standard InChI is InChI=1S/C7H4ClNOS/c8-7-5(10)3-6-4(9-7)1-2-11-6/h1-3,10H. The Morgan fingerprint density at radius 3 is 3.18 bits per heavy atom. The Morgan fingerprint density at radius 2 is 2.36 bits per heavy atom. The molecule has 0 amide bonds. The van der Waals surface area contributed by atoms with E-state index in [1.807, 2.05) is 11.4 Å². The van der Waals surface area contributed by atoms with Crippen LogP contribution in [0.5, 0.6) is 5.75 Å². The predicted octanol–water partition coefficient (Wildman–Crippen LogP) is 2.66. The smallest absolute Gasteiger partial charge is 0.171 e. The molecule has 0 saturated carbocycles. The fourth-order valence-electron chi connectivity index (χ4n) is 0.861. The van der Waals surface area contributed by atoms with Crippen molar-refractivity contribution in [3.8, 4) is 5.75 Å². The molecular weight excluding hydrogens is 182 g/mol. The van der Waals surface area contributed by atoms with Crippen LogP contribution in [-0.4, -0.2) is 10.1 Å². The fourth-order valence-corrected chi connectivity index (χ4v) is 1.76. The van der Waals surface area contributed by atoms with Crippen molar-refractivity contribution in [2.45, 2.75) is 0 Å². The van der Waals surface area contributed by atoms with E-state index in [1.54, 1.807) is 6.07 Å². The lowest BCUT2D eigenvalue weighted by atomic mass is 10.4. The van der Waals surface area contributed by atoms with Gasteiger partial charge in [0.1, 0.15) is 0 Å². The quantitative estimate of drug-likeness (QED) is 0.641. The van der Waals surface area contributed by atoms with Gasteiger partial charge < -0.3 is 5.11 Å². The molecule has 0 aromatic carbocycles. The number of aromatic nitrogens is 1. The molecule has 0 fully saturated rings. The van der Waals surface area contributed by atoms with Gasteiger partial charge in [-0.15, -0.1) is 11.3 Å². The lowest BCUT2D eigenvalue weighted by molar-refractivity contribution is 0.474. The van der Waals surface area contributed by atoms with Gasteiger partial charge in [0.25, 0.3) is 0 Å². The first-order valence-corrected chi connectivity index (χ1v) is 4.26. The second kappa shape index (κ2) is 2.36. The number of hydrogen-bond acceptors (Lipinski definition) is 3. The monoisotopic (exact) mass is 185 g/mol. The molecule has 4 heteroatoms. The molecule has 2 nitrogen and oxygen atoms in total. The first-order valence-electron chi connectivity index (χ1n) is 3.00. The lowest BCUT2D eigenvalue weighted by Gasteiger charge is -1.93. The maximum absolute atomic E-state index is 9.15. The average molecular weight is 186 g/mol. The average Bonchev–Trinajstić information content (AvgIpc) is 2.36. The van der Waals surface area contributed by atoms with Crippen molar-refractivity contribution in [2.75, 3.05) is 0 Å². The van der Waals surface area contributed by atoms with Crippen molar-refractivity contribution in [3.05, 3.63) is 22.7 Å². The van der Waals surface area contributed by atoms with Crippen LogP contribution in [0, 0.1) is 0 Å². The lowest BCUT2D eigenvalue weighted by Crippen LogP contribution is -1.74. The van der Waals surface area contributed by atoms with Crippen LogP contribution in [0.2, 0.25) is 5.15 Å². The van der Waals surface area contributed by atoms with E-state index < -0.39 is 0 Å². The second-order valence-corrected chi connectivity index (χ2v) is 3.41. The molecule has 0 aliphatic carbocycles. The third kappa shape index (κ3) is 1.06. The zero-order valence-corrected chi connectivity index (χ0v) is 6.99. The number of thiophene rings is 1. The summed E-state index contributed by atoms with van der Waals surface area (Å²) in [5, 5.41) is 11.2. The van der Waals surface area contributed by atoms with Gasteiger partial charge in [0.05, 0.1) is 10.2 Å². The van der Waals surface area contributed by atoms with Gasteiger partial charge >= 0.3 is 0 Å². The highest BCUT2D eigenvalue weighted by Gasteiger charge is 2.02. The van der Waals surface area contributed by atoms with E-state index in [0.29, 0.717) is 0 Å². The molecule has 0 aliphatic rings. The third-order valence-corrected chi connectivity index (χ3v) is 2.50. The minimum absolute atomic E-state index is 0.0432. The Bertz CT molecular complexity index is 362. The third-order valence-electron chi connectivity index (χ3n) is 1.37. The molecule has 1 N–H and O–H groups in total. The zero-order valence-electron chi connectivity index (χ0n) is 5.41. The van der Waals surface area contributed by atoms with E-state index in [2.05, 4.69) is 4.98 Å². The van der Waals surface area contributed by atoms with Gasteiger partial charge in [-0.25, -0.2) is 4.98 Å². The first-order chi connectivity index (χ1) is 5.27. The van der Waals surface area contributed by atoms with Crippen LogP contribution in [0.3, 0.4) is 0 Å². The van der Waals surface area contributed by atoms with Gasteiger partial charge in [-0.1, -0.05) is 11.6 Å². The summed E-state index contributed by atoms with van der Waals surface area (Å²) >= 11 is 7.12. The Kier molecular flexibility index (Phi) is 1.47. The van der Waals surface area contributed by atoms with Crippen LogP contribution in [0.15, 0.2) is 17.5 Å². The number of aromatic hydroxyl groups is 1. The number of hydrogen-bond donors (Lipinski definition) is 1. The van der Waals surface area contributed by atoms with E-state index in [1.165, 1.54) is 11.3 Å². The summed E-state index contributed by atoms with van der Waals surface area (Å²) in [6, 6.07) is 3.49. The van der Waals surface area contributed by atoms with Crippen molar-refractivity contribution in [1.82, 2.24) is 4.98 Å². The number of pyridine rings is 1. The predicted molar refractivity (Wildman–Crippen MR) is 46.3 cm³/mol. The highest BCUT2D eigenvalue weighted by molar-refractivity contribution is 7.17. The molecule has 2 heterocycles. The van der Waals surface area contributed by atoms with Crippen molar-refractivity contribution < 1.29 is 5.11 Å². The minimum Gasteiger partial charge on any atom is -0.505 e. The first kappa shape index (κ1) is 6.88. The fraction of sp³-hybridized carbons (Fsp3) is 0.